The first-order valence-corrected chi connectivity index (χ1v) is 8.99. The molecular formula is C17H26O5S. The normalized spacial score (nSPS) is 13.0. The Morgan fingerprint density at radius 3 is 2.74 bits per heavy atom. The van der Waals surface area contributed by atoms with Crippen molar-refractivity contribution in [3.05, 3.63) is 23.8 Å². The SMILES string of the molecule is CC(C)OCCCCOCCOSCc1ccc2c(c1)OCO2. The average molecular weight is 342 g/mol. The molecule has 1 aliphatic rings. The Kier molecular flexibility index (Phi) is 8.60. The molecule has 1 heterocycles. The first-order chi connectivity index (χ1) is 11.3. The van der Waals surface area contributed by atoms with E-state index in [4.69, 9.17) is 23.1 Å². The van der Waals surface area contributed by atoms with Crippen LogP contribution in [-0.2, 0) is 19.4 Å². The first-order valence-electron chi connectivity index (χ1n) is 8.08. The predicted octanol–water partition coefficient (Wildman–Crippen LogP) is 3.80. The minimum Gasteiger partial charge on any atom is -0.454 e. The third-order valence-electron chi connectivity index (χ3n) is 3.19. The van der Waals surface area contributed by atoms with Crippen LogP contribution in [0.1, 0.15) is 32.3 Å². The van der Waals surface area contributed by atoms with Gasteiger partial charge in [0, 0.05) is 19.0 Å². The zero-order chi connectivity index (χ0) is 16.3. The molecule has 0 bridgehead atoms. The van der Waals surface area contributed by atoms with Crippen LogP contribution in [0.4, 0.5) is 0 Å². The van der Waals surface area contributed by atoms with Gasteiger partial charge in [0.15, 0.2) is 11.5 Å². The molecule has 1 aromatic rings. The average Bonchev–Trinajstić information content (AvgIpc) is 3.00. The molecule has 23 heavy (non-hydrogen) atoms. The molecule has 0 fully saturated rings. The molecule has 0 saturated heterocycles. The van der Waals surface area contributed by atoms with Crippen molar-refractivity contribution in [1.82, 2.24) is 0 Å². The maximum atomic E-state index is 5.52. The Morgan fingerprint density at radius 2 is 1.87 bits per heavy atom. The van der Waals surface area contributed by atoms with Gasteiger partial charge in [-0.05, 0) is 56.4 Å². The van der Waals surface area contributed by atoms with Crippen LogP contribution in [0, 0.1) is 0 Å². The van der Waals surface area contributed by atoms with Gasteiger partial charge in [-0.2, -0.15) is 0 Å². The molecule has 6 heteroatoms. The number of hydrogen-bond acceptors (Lipinski definition) is 6. The zero-order valence-electron chi connectivity index (χ0n) is 13.9. The zero-order valence-corrected chi connectivity index (χ0v) is 14.7. The Labute approximate surface area is 142 Å². The van der Waals surface area contributed by atoms with E-state index in [2.05, 4.69) is 13.8 Å². The van der Waals surface area contributed by atoms with Crippen LogP contribution >= 0.6 is 12.0 Å². The number of ether oxygens (including phenoxy) is 4. The highest BCUT2D eigenvalue weighted by molar-refractivity contribution is 7.93. The molecule has 0 spiro atoms. The smallest absolute Gasteiger partial charge is 0.231 e. The first kappa shape index (κ1) is 18.4. The molecule has 1 aliphatic heterocycles. The Balaban J connectivity index is 1.41. The summed E-state index contributed by atoms with van der Waals surface area (Å²) in [6.07, 6.45) is 2.38. The Morgan fingerprint density at radius 1 is 1.04 bits per heavy atom. The molecular weight excluding hydrogens is 316 g/mol. The molecule has 0 aliphatic carbocycles. The van der Waals surface area contributed by atoms with Crippen molar-refractivity contribution in [3.8, 4) is 11.5 Å². The monoisotopic (exact) mass is 342 g/mol. The van der Waals surface area contributed by atoms with E-state index in [0.717, 1.165) is 48.9 Å². The molecule has 2 rings (SSSR count). The number of hydrogen-bond donors (Lipinski definition) is 0. The second-order valence-corrected chi connectivity index (χ2v) is 6.27. The van der Waals surface area contributed by atoms with Gasteiger partial charge in [-0.3, -0.25) is 0 Å². The fourth-order valence-electron chi connectivity index (χ4n) is 2.02. The summed E-state index contributed by atoms with van der Waals surface area (Å²) in [6.45, 7) is 7.20. The minimum atomic E-state index is 0.309. The van der Waals surface area contributed by atoms with Crippen molar-refractivity contribution < 1.29 is 23.1 Å². The minimum absolute atomic E-state index is 0.309. The molecule has 1 aromatic carbocycles. The van der Waals surface area contributed by atoms with Crippen LogP contribution in [0.15, 0.2) is 18.2 Å². The molecule has 5 nitrogen and oxygen atoms in total. The van der Waals surface area contributed by atoms with Crippen molar-refractivity contribution in [2.45, 2.75) is 38.5 Å². The standard InChI is InChI=1S/C17H26O5S/c1-14(2)19-8-4-3-7-18-9-10-22-23-12-15-5-6-16-17(11-15)21-13-20-16/h5-6,11,14H,3-4,7-10,12-13H2,1-2H3. The van der Waals surface area contributed by atoms with Gasteiger partial charge in [-0.15, -0.1) is 0 Å². The lowest BCUT2D eigenvalue weighted by atomic mass is 10.2. The molecule has 0 saturated carbocycles. The molecule has 0 atom stereocenters. The third-order valence-corrected chi connectivity index (χ3v) is 3.98. The van der Waals surface area contributed by atoms with Gasteiger partial charge in [0.05, 0.1) is 19.3 Å². The third kappa shape index (κ3) is 7.44. The van der Waals surface area contributed by atoms with Gasteiger partial charge >= 0.3 is 0 Å². The number of fused-ring (bicyclic) bond motifs is 1. The Bertz CT molecular complexity index is 453. The van der Waals surface area contributed by atoms with E-state index in [9.17, 15) is 0 Å². The van der Waals surface area contributed by atoms with Crippen LogP contribution in [-0.4, -0.2) is 39.3 Å². The van der Waals surface area contributed by atoms with E-state index in [1.165, 1.54) is 12.0 Å². The van der Waals surface area contributed by atoms with Gasteiger partial charge in [-0.1, -0.05) is 6.07 Å². The molecule has 0 radical (unpaired) electrons. The number of unbranched alkanes of at least 4 members (excludes halogenated alkanes) is 1. The van der Waals surface area contributed by atoms with E-state index in [0.29, 0.717) is 26.1 Å². The largest absolute Gasteiger partial charge is 0.454 e. The summed E-state index contributed by atoms with van der Waals surface area (Å²) in [7, 11) is 0. The van der Waals surface area contributed by atoms with Crippen molar-refractivity contribution in [2.24, 2.45) is 0 Å². The molecule has 0 N–H and O–H groups in total. The highest BCUT2D eigenvalue weighted by Gasteiger charge is 2.12. The van der Waals surface area contributed by atoms with Crippen LogP contribution in [0.5, 0.6) is 11.5 Å². The van der Waals surface area contributed by atoms with Crippen molar-refractivity contribution >= 4 is 12.0 Å². The summed E-state index contributed by atoms with van der Waals surface area (Å²) >= 11 is 1.43. The summed E-state index contributed by atoms with van der Waals surface area (Å²) in [4.78, 5) is 0. The highest BCUT2D eigenvalue weighted by Crippen LogP contribution is 2.33. The lowest BCUT2D eigenvalue weighted by Crippen LogP contribution is -2.06. The summed E-state index contributed by atoms with van der Waals surface area (Å²) in [5, 5.41) is 0. The number of rotatable bonds is 12. The van der Waals surface area contributed by atoms with Gasteiger partial charge < -0.3 is 23.1 Å². The highest BCUT2D eigenvalue weighted by atomic mass is 32.2. The number of benzene rings is 1. The van der Waals surface area contributed by atoms with Crippen LogP contribution in [0.3, 0.4) is 0 Å². The second kappa shape index (κ2) is 10.8. The quantitative estimate of drug-likeness (QED) is 0.425. The fourth-order valence-corrected chi connectivity index (χ4v) is 2.60. The van der Waals surface area contributed by atoms with Gasteiger partial charge in [0.25, 0.3) is 0 Å². The Hall–Kier alpha value is -0.950. The van der Waals surface area contributed by atoms with E-state index in [1.807, 2.05) is 18.2 Å². The lowest BCUT2D eigenvalue weighted by Gasteiger charge is -2.07. The summed E-state index contributed by atoms with van der Waals surface area (Å²) < 4.78 is 27.1. The maximum Gasteiger partial charge on any atom is 0.231 e. The van der Waals surface area contributed by atoms with Gasteiger partial charge in [0.2, 0.25) is 6.79 Å². The fraction of sp³-hybridized carbons (Fsp3) is 0.647. The predicted molar refractivity (Wildman–Crippen MR) is 91.0 cm³/mol. The van der Waals surface area contributed by atoms with E-state index in [-0.39, 0.29) is 0 Å². The molecule has 0 amide bonds. The van der Waals surface area contributed by atoms with Crippen molar-refractivity contribution in [3.63, 3.8) is 0 Å². The maximum absolute atomic E-state index is 5.52. The van der Waals surface area contributed by atoms with Gasteiger partial charge in [-0.25, -0.2) is 0 Å². The van der Waals surface area contributed by atoms with E-state index >= 15 is 0 Å². The van der Waals surface area contributed by atoms with Crippen LogP contribution in [0.25, 0.3) is 0 Å². The van der Waals surface area contributed by atoms with Crippen LogP contribution < -0.4 is 9.47 Å². The van der Waals surface area contributed by atoms with Crippen LogP contribution in [0.2, 0.25) is 0 Å². The lowest BCUT2D eigenvalue weighted by molar-refractivity contribution is 0.0630. The molecule has 0 aromatic heterocycles. The van der Waals surface area contributed by atoms with Crippen molar-refractivity contribution in [1.29, 1.82) is 0 Å². The molecule has 0 unspecified atom stereocenters. The molecule has 130 valence electrons. The summed E-state index contributed by atoms with van der Waals surface area (Å²) in [5.74, 6) is 2.41. The van der Waals surface area contributed by atoms with E-state index < -0.39 is 0 Å². The van der Waals surface area contributed by atoms with Crippen molar-refractivity contribution in [2.75, 3.05) is 33.2 Å². The summed E-state index contributed by atoms with van der Waals surface area (Å²) in [5.41, 5.74) is 1.16. The topological polar surface area (TPSA) is 46.2 Å². The van der Waals surface area contributed by atoms with E-state index in [1.54, 1.807) is 0 Å². The summed E-state index contributed by atoms with van der Waals surface area (Å²) in [6, 6.07) is 5.96. The van der Waals surface area contributed by atoms with Gasteiger partial charge in [0.1, 0.15) is 0 Å². The second-order valence-electron chi connectivity index (χ2n) is 5.51.